The van der Waals surface area contributed by atoms with Gasteiger partial charge in [-0.15, -0.1) is 5.10 Å². The normalized spacial score (nSPS) is 10.8. The van der Waals surface area contributed by atoms with Crippen LogP contribution in [-0.4, -0.2) is 36.0 Å². The molecule has 8 heteroatoms. The molecule has 0 atom stereocenters. The minimum absolute atomic E-state index is 0.0278. The number of hydrogen-bond acceptors (Lipinski definition) is 6. The quantitative estimate of drug-likeness (QED) is 0.499. The van der Waals surface area contributed by atoms with E-state index < -0.39 is 5.97 Å². The predicted molar refractivity (Wildman–Crippen MR) is 101 cm³/mol. The fraction of sp³-hybridized carbons (Fsp3) is 0.150. The number of ether oxygens (including phenoxy) is 1. The van der Waals surface area contributed by atoms with Crippen molar-refractivity contribution in [3.8, 4) is 11.4 Å². The van der Waals surface area contributed by atoms with Crippen molar-refractivity contribution in [2.45, 2.75) is 20.5 Å². The summed E-state index contributed by atoms with van der Waals surface area (Å²) < 4.78 is 8.76. The molecule has 0 fully saturated rings. The Hall–Kier alpha value is -3.81. The number of tetrazole rings is 1. The number of para-hydroxylation sites is 1. The molecule has 28 heavy (non-hydrogen) atoms. The van der Waals surface area contributed by atoms with Gasteiger partial charge in [-0.2, -0.15) is 9.78 Å². The number of aryl methyl sites for hydroxylation is 2. The van der Waals surface area contributed by atoms with E-state index in [0.29, 0.717) is 11.4 Å². The van der Waals surface area contributed by atoms with Gasteiger partial charge in [0.1, 0.15) is 0 Å². The Morgan fingerprint density at radius 2 is 1.68 bits per heavy atom. The maximum atomic E-state index is 12.4. The zero-order valence-corrected chi connectivity index (χ0v) is 15.5. The summed E-state index contributed by atoms with van der Waals surface area (Å²) in [4.78, 5) is 12.4. The van der Waals surface area contributed by atoms with Crippen LogP contribution in [0.15, 0.2) is 60.7 Å². The van der Waals surface area contributed by atoms with E-state index in [1.165, 1.54) is 0 Å². The van der Waals surface area contributed by atoms with Crippen LogP contribution in [0.4, 0.5) is 0 Å². The molecular weight excluding hydrogens is 356 g/mol. The number of esters is 1. The zero-order chi connectivity index (χ0) is 19.5. The van der Waals surface area contributed by atoms with E-state index in [1.54, 1.807) is 16.8 Å². The molecule has 2 heterocycles. The van der Waals surface area contributed by atoms with Crippen molar-refractivity contribution < 1.29 is 9.53 Å². The van der Waals surface area contributed by atoms with Gasteiger partial charge in [-0.1, -0.05) is 18.2 Å². The van der Waals surface area contributed by atoms with Crippen LogP contribution in [-0.2, 0) is 11.3 Å². The summed E-state index contributed by atoms with van der Waals surface area (Å²) in [6.07, 6.45) is 0. The summed E-state index contributed by atoms with van der Waals surface area (Å²) in [5, 5.41) is 16.0. The van der Waals surface area contributed by atoms with Gasteiger partial charge < -0.3 is 4.74 Å². The minimum Gasteiger partial charge on any atom is -0.454 e. The van der Waals surface area contributed by atoms with Crippen LogP contribution in [0.25, 0.3) is 11.4 Å². The molecule has 0 aliphatic rings. The average molecular weight is 374 g/mol. The van der Waals surface area contributed by atoms with Crippen molar-refractivity contribution in [1.29, 1.82) is 0 Å². The molecule has 0 radical (unpaired) electrons. The van der Waals surface area contributed by atoms with Crippen LogP contribution in [0.5, 0.6) is 0 Å². The highest BCUT2D eigenvalue weighted by Gasteiger charge is 2.13. The first-order valence-electron chi connectivity index (χ1n) is 8.75. The predicted octanol–water partition coefficient (Wildman–Crippen LogP) is 2.82. The zero-order valence-electron chi connectivity index (χ0n) is 15.5. The summed E-state index contributed by atoms with van der Waals surface area (Å²) in [5.74, 6) is 0.00124. The SMILES string of the molecule is Cc1cc(C)n(-c2ccc(C(=O)OCc3nnnn3-c3ccccc3)cc2)n1. The van der Waals surface area contributed by atoms with E-state index in [4.69, 9.17) is 4.74 Å². The lowest BCUT2D eigenvalue weighted by atomic mass is 10.2. The number of rotatable bonds is 5. The van der Waals surface area contributed by atoms with Crippen molar-refractivity contribution >= 4 is 5.97 Å². The first kappa shape index (κ1) is 17.6. The van der Waals surface area contributed by atoms with Crippen LogP contribution in [0.3, 0.4) is 0 Å². The summed E-state index contributed by atoms with van der Waals surface area (Å²) in [7, 11) is 0. The number of benzene rings is 2. The van der Waals surface area contributed by atoms with Gasteiger partial charge in [-0.05, 0) is 66.7 Å². The minimum atomic E-state index is -0.442. The third-order valence-corrected chi connectivity index (χ3v) is 4.22. The summed E-state index contributed by atoms with van der Waals surface area (Å²) >= 11 is 0. The van der Waals surface area contributed by atoms with Gasteiger partial charge >= 0.3 is 5.97 Å². The second-order valence-corrected chi connectivity index (χ2v) is 6.30. The smallest absolute Gasteiger partial charge is 0.338 e. The topological polar surface area (TPSA) is 87.7 Å². The van der Waals surface area contributed by atoms with Crippen LogP contribution in [0.2, 0.25) is 0 Å². The van der Waals surface area contributed by atoms with Gasteiger partial charge in [-0.3, -0.25) is 0 Å². The number of nitrogens with zero attached hydrogens (tertiary/aromatic N) is 6. The molecule has 0 spiro atoms. The van der Waals surface area contributed by atoms with Crippen molar-refractivity contribution in [3.63, 3.8) is 0 Å². The molecular formula is C20H18N6O2. The summed E-state index contributed by atoms with van der Waals surface area (Å²) in [5.41, 5.74) is 4.10. The monoisotopic (exact) mass is 374 g/mol. The largest absolute Gasteiger partial charge is 0.454 e. The van der Waals surface area contributed by atoms with E-state index in [1.807, 2.05) is 67.1 Å². The van der Waals surface area contributed by atoms with Crippen molar-refractivity contribution in [2.24, 2.45) is 0 Å². The number of hydrogen-bond donors (Lipinski definition) is 0. The van der Waals surface area contributed by atoms with Crippen molar-refractivity contribution in [2.75, 3.05) is 0 Å². The van der Waals surface area contributed by atoms with Crippen LogP contribution < -0.4 is 0 Å². The van der Waals surface area contributed by atoms with Crippen molar-refractivity contribution in [3.05, 3.63) is 83.4 Å². The molecule has 4 aromatic rings. The van der Waals surface area contributed by atoms with Gasteiger partial charge in [0.05, 0.1) is 22.6 Å². The van der Waals surface area contributed by atoms with Gasteiger partial charge in [-0.25, -0.2) is 9.48 Å². The molecule has 0 unspecified atom stereocenters. The summed E-state index contributed by atoms with van der Waals surface area (Å²) in [6.45, 7) is 3.90. The van der Waals surface area contributed by atoms with E-state index in [9.17, 15) is 4.79 Å². The highest BCUT2D eigenvalue weighted by Crippen LogP contribution is 2.14. The fourth-order valence-corrected chi connectivity index (χ4v) is 2.91. The van der Waals surface area contributed by atoms with Gasteiger partial charge in [0.15, 0.2) is 12.4 Å². The lowest BCUT2D eigenvalue weighted by Crippen LogP contribution is -2.10. The van der Waals surface area contributed by atoms with Crippen molar-refractivity contribution in [1.82, 2.24) is 30.0 Å². The molecule has 0 saturated carbocycles. The third kappa shape index (κ3) is 3.52. The molecule has 0 bridgehead atoms. The molecule has 2 aromatic carbocycles. The molecule has 0 N–H and O–H groups in total. The molecule has 8 nitrogen and oxygen atoms in total. The lowest BCUT2D eigenvalue weighted by Gasteiger charge is -2.07. The molecule has 4 rings (SSSR count). The standard InChI is InChI=1S/C20H18N6O2/c1-14-12-15(2)25(22-14)18-10-8-16(9-11-18)20(27)28-13-19-21-23-24-26(19)17-6-4-3-5-7-17/h3-12H,13H2,1-2H3. The van der Waals surface area contributed by atoms with Gasteiger partial charge in [0, 0.05) is 5.69 Å². The van der Waals surface area contributed by atoms with Gasteiger partial charge in [0.25, 0.3) is 0 Å². The van der Waals surface area contributed by atoms with Crippen LogP contribution in [0, 0.1) is 13.8 Å². The van der Waals surface area contributed by atoms with Crippen LogP contribution >= 0.6 is 0 Å². The van der Waals surface area contributed by atoms with E-state index in [-0.39, 0.29) is 6.61 Å². The second-order valence-electron chi connectivity index (χ2n) is 6.30. The van der Waals surface area contributed by atoms with E-state index in [2.05, 4.69) is 20.6 Å². The summed E-state index contributed by atoms with van der Waals surface area (Å²) in [6, 6.07) is 18.5. The Balaban J connectivity index is 1.45. The Kier molecular flexibility index (Phi) is 4.67. The molecule has 2 aromatic heterocycles. The Labute approximate surface area is 161 Å². The highest BCUT2D eigenvalue weighted by atomic mass is 16.5. The molecule has 0 saturated heterocycles. The Morgan fingerprint density at radius 1 is 0.964 bits per heavy atom. The number of carbonyl (C=O) groups is 1. The first-order valence-corrected chi connectivity index (χ1v) is 8.75. The molecule has 0 amide bonds. The number of aromatic nitrogens is 6. The number of carbonyl (C=O) groups excluding carboxylic acids is 1. The molecule has 0 aliphatic heterocycles. The average Bonchev–Trinajstić information content (AvgIpc) is 3.32. The maximum Gasteiger partial charge on any atom is 0.338 e. The van der Waals surface area contributed by atoms with E-state index in [0.717, 1.165) is 22.8 Å². The first-order chi connectivity index (χ1) is 13.6. The van der Waals surface area contributed by atoms with E-state index >= 15 is 0 Å². The highest BCUT2D eigenvalue weighted by molar-refractivity contribution is 5.89. The van der Waals surface area contributed by atoms with Gasteiger partial charge in [0.2, 0.25) is 0 Å². The molecule has 140 valence electrons. The molecule has 0 aliphatic carbocycles. The lowest BCUT2D eigenvalue weighted by molar-refractivity contribution is 0.0459. The Bertz CT molecular complexity index is 1100. The second kappa shape index (κ2) is 7.43. The third-order valence-electron chi connectivity index (χ3n) is 4.22. The Morgan fingerprint density at radius 3 is 2.36 bits per heavy atom. The fourth-order valence-electron chi connectivity index (χ4n) is 2.91. The maximum absolute atomic E-state index is 12.4. The van der Waals surface area contributed by atoms with Crippen LogP contribution in [0.1, 0.15) is 27.6 Å².